The summed E-state index contributed by atoms with van der Waals surface area (Å²) in [5, 5.41) is 9.62. The SMILES string of the molecule is Cc1ccc2c(c1)CC(=O)C1=C2Cc2cc(O)ccc21. The van der Waals surface area contributed by atoms with Crippen molar-refractivity contribution in [3.63, 3.8) is 0 Å². The van der Waals surface area contributed by atoms with Gasteiger partial charge >= 0.3 is 0 Å². The lowest BCUT2D eigenvalue weighted by atomic mass is 9.84. The van der Waals surface area contributed by atoms with Crippen LogP contribution in [0.25, 0.3) is 11.1 Å². The molecule has 0 saturated carbocycles. The molecule has 4 rings (SSSR count). The average molecular weight is 262 g/mol. The van der Waals surface area contributed by atoms with Crippen LogP contribution in [0.5, 0.6) is 5.75 Å². The standard InChI is InChI=1S/C18H14O2/c1-10-2-4-14-11(6-10)9-17(20)18-15-5-3-13(19)7-12(15)8-16(14)18/h2-7,19H,8-9H2,1H3. The Morgan fingerprint density at radius 3 is 2.55 bits per heavy atom. The van der Waals surface area contributed by atoms with Gasteiger partial charge in [0.2, 0.25) is 0 Å². The van der Waals surface area contributed by atoms with Crippen molar-refractivity contribution >= 4 is 16.9 Å². The fraction of sp³-hybridized carbons (Fsp3) is 0.167. The molecule has 0 amide bonds. The lowest BCUT2D eigenvalue weighted by Gasteiger charge is -2.18. The summed E-state index contributed by atoms with van der Waals surface area (Å²) in [5.41, 5.74) is 7.54. The van der Waals surface area contributed by atoms with E-state index in [9.17, 15) is 9.90 Å². The third-order valence-electron chi connectivity index (χ3n) is 4.24. The van der Waals surface area contributed by atoms with E-state index in [0.29, 0.717) is 6.42 Å². The van der Waals surface area contributed by atoms with Crippen LogP contribution in [0.3, 0.4) is 0 Å². The van der Waals surface area contributed by atoms with Gasteiger partial charge in [-0.2, -0.15) is 0 Å². The van der Waals surface area contributed by atoms with E-state index in [-0.39, 0.29) is 11.5 Å². The molecule has 0 aromatic heterocycles. The summed E-state index contributed by atoms with van der Waals surface area (Å²) in [5.74, 6) is 0.461. The van der Waals surface area contributed by atoms with Crippen LogP contribution in [0, 0.1) is 6.92 Å². The first kappa shape index (κ1) is 11.5. The van der Waals surface area contributed by atoms with E-state index >= 15 is 0 Å². The van der Waals surface area contributed by atoms with Crippen LogP contribution >= 0.6 is 0 Å². The zero-order valence-electron chi connectivity index (χ0n) is 11.2. The van der Waals surface area contributed by atoms with Crippen molar-refractivity contribution in [2.45, 2.75) is 19.8 Å². The number of carbonyl (C=O) groups excluding carboxylic acids is 1. The van der Waals surface area contributed by atoms with Gasteiger partial charge in [-0.15, -0.1) is 0 Å². The number of hydrogen-bond donors (Lipinski definition) is 1. The molecule has 2 heteroatoms. The van der Waals surface area contributed by atoms with Gasteiger partial charge < -0.3 is 5.11 Å². The maximum atomic E-state index is 12.5. The van der Waals surface area contributed by atoms with E-state index in [1.54, 1.807) is 12.1 Å². The second-order valence-corrected chi connectivity index (χ2v) is 5.63. The fourth-order valence-corrected chi connectivity index (χ4v) is 3.38. The minimum atomic E-state index is 0.197. The molecule has 0 unspecified atom stereocenters. The quantitative estimate of drug-likeness (QED) is 0.791. The molecule has 0 saturated heterocycles. The Balaban J connectivity index is 1.96. The lowest BCUT2D eigenvalue weighted by molar-refractivity contribution is -0.113. The van der Waals surface area contributed by atoms with Gasteiger partial charge in [0.25, 0.3) is 0 Å². The van der Waals surface area contributed by atoms with Crippen LogP contribution in [-0.4, -0.2) is 10.9 Å². The van der Waals surface area contributed by atoms with Crippen molar-refractivity contribution in [2.24, 2.45) is 0 Å². The summed E-state index contributed by atoms with van der Waals surface area (Å²) < 4.78 is 0. The van der Waals surface area contributed by atoms with Gasteiger partial charge in [-0.1, -0.05) is 29.8 Å². The number of allylic oxidation sites excluding steroid dienone is 2. The monoisotopic (exact) mass is 262 g/mol. The number of rotatable bonds is 0. The van der Waals surface area contributed by atoms with Crippen LogP contribution < -0.4 is 0 Å². The highest BCUT2D eigenvalue weighted by molar-refractivity contribution is 6.32. The number of phenolic OH excluding ortho intramolecular Hbond substituents is 1. The molecular weight excluding hydrogens is 248 g/mol. The zero-order valence-corrected chi connectivity index (χ0v) is 11.2. The minimum Gasteiger partial charge on any atom is -0.508 e. The highest BCUT2D eigenvalue weighted by Gasteiger charge is 2.32. The van der Waals surface area contributed by atoms with E-state index in [1.807, 2.05) is 6.07 Å². The molecule has 2 nitrogen and oxygen atoms in total. The van der Waals surface area contributed by atoms with Gasteiger partial charge in [-0.05, 0) is 53.3 Å². The number of phenols is 1. The number of ketones is 1. The predicted octanol–water partition coefficient (Wildman–Crippen LogP) is 3.29. The number of hydrogen-bond acceptors (Lipinski definition) is 2. The van der Waals surface area contributed by atoms with Gasteiger partial charge in [0, 0.05) is 12.0 Å². The van der Waals surface area contributed by atoms with E-state index in [2.05, 4.69) is 25.1 Å². The first-order valence-corrected chi connectivity index (χ1v) is 6.82. The summed E-state index contributed by atoms with van der Waals surface area (Å²) in [6.07, 6.45) is 1.22. The molecule has 2 aliphatic carbocycles. The van der Waals surface area contributed by atoms with Gasteiger partial charge in [0.05, 0.1) is 0 Å². The Bertz CT molecular complexity index is 797. The van der Waals surface area contributed by atoms with Gasteiger partial charge in [0.1, 0.15) is 5.75 Å². The summed E-state index contributed by atoms with van der Waals surface area (Å²) in [6.45, 7) is 2.05. The number of fused-ring (bicyclic) bond motifs is 4. The molecule has 0 radical (unpaired) electrons. The summed E-state index contributed by atoms with van der Waals surface area (Å²) in [4.78, 5) is 12.5. The highest BCUT2D eigenvalue weighted by atomic mass is 16.3. The molecule has 2 aromatic rings. The molecule has 2 aromatic carbocycles. The first-order chi connectivity index (χ1) is 9.63. The Morgan fingerprint density at radius 1 is 0.950 bits per heavy atom. The molecule has 20 heavy (non-hydrogen) atoms. The maximum absolute atomic E-state index is 12.5. The topological polar surface area (TPSA) is 37.3 Å². The largest absolute Gasteiger partial charge is 0.508 e. The van der Waals surface area contributed by atoms with Crippen LogP contribution in [0.15, 0.2) is 36.4 Å². The normalized spacial score (nSPS) is 15.9. The lowest BCUT2D eigenvalue weighted by Crippen LogP contribution is -2.13. The molecular formula is C18H14O2. The number of benzene rings is 2. The molecule has 0 aliphatic heterocycles. The maximum Gasteiger partial charge on any atom is 0.168 e. The van der Waals surface area contributed by atoms with Gasteiger partial charge in [-0.3, -0.25) is 4.79 Å². The van der Waals surface area contributed by atoms with Crippen LogP contribution in [0.1, 0.15) is 27.8 Å². The molecule has 2 aliphatic rings. The van der Waals surface area contributed by atoms with Crippen molar-refractivity contribution < 1.29 is 9.90 Å². The minimum absolute atomic E-state index is 0.197. The van der Waals surface area contributed by atoms with E-state index in [1.165, 1.54) is 11.1 Å². The molecule has 1 N–H and O–H groups in total. The second kappa shape index (κ2) is 3.83. The summed E-state index contributed by atoms with van der Waals surface area (Å²) in [7, 11) is 0. The van der Waals surface area contributed by atoms with E-state index in [4.69, 9.17) is 0 Å². The van der Waals surface area contributed by atoms with Gasteiger partial charge in [0.15, 0.2) is 5.78 Å². The van der Waals surface area contributed by atoms with E-state index in [0.717, 1.165) is 34.3 Å². The summed E-state index contributed by atoms with van der Waals surface area (Å²) >= 11 is 0. The van der Waals surface area contributed by atoms with Crippen molar-refractivity contribution in [1.82, 2.24) is 0 Å². The summed E-state index contributed by atoms with van der Waals surface area (Å²) in [6, 6.07) is 11.6. The van der Waals surface area contributed by atoms with Crippen molar-refractivity contribution in [3.05, 3.63) is 64.2 Å². The van der Waals surface area contributed by atoms with Crippen molar-refractivity contribution in [1.29, 1.82) is 0 Å². The van der Waals surface area contributed by atoms with Crippen LogP contribution in [0.4, 0.5) is 0 Å². The number of carbonyl (C=O) groups is 1. The number of Topliss-reactive ketones (excluding diaryl/α,β-unsaturated/α-hetero) is 1. The molecule has 0 heterocycles. The van der Waals surface area contributed by atoms with Crippen molar-refractivity contribution in [3.8, 4) is 5.75 Å². The average Bonchev–Trinajstić information content (AvgIpc) is 2.77. The van der Waals surface area contributed by atoms with Gasteiger partial charge in [-0.25, -0.2) is 0 Å². The Morgan fingerprint density at radius 2 is 1.70 bits per heavy atom. The Labute approximate surface area is 117 Å². The third kappa shape index (κ3) is 1.48. The zero-order chi connectivity index (χ0) is 13.9. The molecule has 0 bridgehead atoms. The van der Waals surface area contributed by atoms with E-state index < -0.39 is 0 Å². The fourth-order valence-electron chi connectivity index (χ4n) is 3.38. The Hall–Kier alpha value is -2.35. The second-order valence-electron chi connectivity index (χ2n) is 5.63. The predicted molar refractivity (Wildman–Crippen MR) is 78.5 cm³/mol. The number of aromatic hydroxyl groups is 1. The first-order valence-electron chi connectivity index (χ1n) is 6.82. The molecule has 0 spiro atoms. The molecule has 0 fully saturated rings. The van der Waals surface area contributed by atoms with Crippen molar-refractivity contribution in [2.75, 3.05) is 0 Å². The smallest absolute Gasteiger partial charge is 0.168 e. The third-order valence-corrected chi connectivity index (χ3v) is 4.24. The molecule has 0 atom stereocenters. The highest BCUT2D eigenvalue weighted by Crippen LogP contribution is 2.44. The van der Waals surface area contributed by atoms with Crippen LogP contribution in [-0.2, 0) is 17.6 Å². The Kier molecular flexibility index (Phi) is 2.19. The van der Waals surface area contributed by atoms with Crippen LogP contribution in [0.2, 0.25) is 0 Å². The number of aryl methyl sites for hydroxylation is 1. The molecule has 98 valence electrons.